The third-order valence-electron chi connectivity index (χ3n) is 3.83. The third-order valence-corrected chi connectivity index (χ3v) is 3.83. The highest BCUT2D eigenvalue weighted by atomic mass is 16.6. The monoisotopic (exact) mass is 305 g/mol. The molecule has 5 nitrogen and oxygen atoms in total. The fraction of sp³-hybridized carbons (Fsp3) is 0.647. The largest absolute Gasteiger partial charge is 0.444 e. The maximum absolute atomic E-state index is 12.2. The second kappa shape index (κ2) is 6.55. The van der Waals surface area contributed by atoms with E-state index in [2.05, 4.69) is 22.9 Å². The molecule has 0 spiro atoms. The minimum atomic E-state index is -0.448. The lowest BCUT2D eigenvalue weighted by molar-refractivity contribution is 0.0213. The molecule has 1 saturated heterocycles. The Hall–Kier alpha value is -1.78. The zero-order valence-corrected chi connectivity index (χ0v) is 14.3. The van der Waals surface area contributed by atoms with Crippen molar-refractivity contribution < 1.29 is 9.53 Å². The van der Waals surface area contributed by atoms with E-state index in [9.17, 15) is 4.79 Å². The Bertz CT molecular complexity index is 508. The second-order valence-electron chi connectivity index (χ2n) is 6.84. The molecular weight excluding hydrogens is 278 g/mol. The van der Waals surface area contributed by atoms with Gasteiger partial charge < -0.3 is 14.5 Å². The Labute approximate surface area is 133 Å². The first-order valence-electron chi connectivity index (χ1n) is 7.97. The van der Waals surface area contributed by atoms with Crippen molar-refractivity contribution in [2.75, 3.05) is 24.5 Å². The summed E-state index contributed by atoms with van der Waals surface area (Å²) < 4.78 is 5.48. The van der Waals surface area contributed by atoms with E-state index >= 15 is 0 Å². The molecule has 1 amide bonds. The molecular formula is C17H27N3O2. The summed E-state index contributed by atoms with van der Waals surface area (Å²) in [5, 5.41) is 0. The molecule has 0 radical (unpaired) electrons. The normalized spacial score (nSPS) is 19.2. The minimum Gasteiger partial charge on any atom is -0.444 e. The molecule has 1 aromatic rings. The number of ether oxygens (including phenoxy) is 1. The second-order valence-corrected chi connectivity index (χ2v) is 6.84. The van der Waals surface area contributed by atoms with Crippen LogP contribution in [0.1, 0.15) is 39.8 Å². The van der Waals surface area contributed by atoms with Gasteiger partial charge in [-0.05, 0) is 46.2 Å². The highest BCUT2D eigenvalue weighted by molar-refractivity contribution is 5.68. The number of pyridine rings is 1. The first-order chi connectivity index (χ1) is 10.3. The standard InChI is InChI=1S/C17H27N3O2/c1-6-14-12-19(16(21)22-17(3,4)5)9-10-20(14)15-8-7-13(2)18-11-15/h7-8,11,14H,6,9-10,12H2,1-5H3/t14-/m0/s1. The van der Waals surface area contributed by atoms with Gasteiger partial charge in [0.2, 0.25) is 0 Å². The molecule has 0 unspecified atom stereocenters. The smallest absolute Gasteiger partial charge is 0.410 e. The van der Waals surface area contributed by atoms with Crippen LogP contribution in [0, 0.1) is 6.92 Å². The van der Waals surface area contributed by atoms with Gasteiger partial charge in [0.05, 0.1) is 11.9 Å². The molecule has 2 rings (SSSR count). The Balaban J connectivity index is 2.05. The van der Waals surface area contributed by atoms with Crippen molar-refractivity contribution >= 4 is 11.8 Å². The van der Waals surface area contributed by atoms with Crippen molar-refractivity contribution in [1.82, 2.24) is 9.88 Å². The fourth-order valence-corrected chi connectivity index (χ4v) is 2.67. The lowest BCUT2D eigenvalue weighted by Gasteiger charge is -2.42. The van der Waals surface area contributed by atoms with E-state index in [0.29, 0.717) is 19.1 Å². The molecule has 0 N–H and O–H groups in total. The van der Waals surface area contributed by atoms with Crippen LogP contribution in [0.15, 0.2) is 18.3 Å². The molecule has 0 aromatic carbocycles. The number of carbonyl (C=O) groups is 1. The maximum atomic E-state index is 12.2. The van der Waals surface area contributed by atoms with Gasteiger partial charge in [-0.2, -0.15) is 0 Å². The van der Waals surface area contributed by atoms with Gasteiger partial charge in [-0.1, -0.05) is 6.92 Å². The van der Waals surface area contributed by atoms with Crippen LogP contribution in [0.25, 0.3) is 0 Å². The number of aromatic nitrogens is 1. The number of carbonyl (C=O) groups excluding carboxylic acids is 1. The van der Waals surface area contributed by atoms with E-state index < -0.39 is 5.60 Å². The Morgan fingerprint density at radius 1 is 1.36 bits per heavy atom. The van der Waals surface area contributed by atoms with Crippen LogP contribution in [0.5, 0.6) is 0 Å². The number of hydrogen-bond acceptors (Lipinski definition) is 4. The maximum Gasteiger partial charge on any atom is 0.410 e. The molecule has 2 heterocycles. The Morgan fingerprint density at radius 3 is 2.64 bits per heavy atom. The molecule has 1 atom stereocenters. The number of amides is 1. The van der Waals surface area contributed by atoms with Crippen LogP contribution in [0.2, 0.25) is 0 Å². The van der Waals surface area contributed by atoms with E-state index in [1.54, 1.807) is 0 Å². The van der Waals surface area contributed by atoms with Crippen molar-refractivity contribution in [3.05, 3.63) is 24.0 Å². The van der Waals surface area contributed by atoms with Crippen molar-refractivity contribution in [2.24, 2.45) is 0 Å². The zero-order chi connectivity index (χ0) is 16.3. The molecule has 122 valence electrons. The number of rotatable bonds is 2. The lowest BCUT2D eigenvalue weighted by Crippen LogP contribution is -2.55. The summed E-state index contributed by atoms with van der Waals surface area (Å²) in [6.07, 6.45) is 2.68. The molecule has 0 aliphatic carbocycles. The van der Waals surface area contributed by atoms with Gasteiger partial charge in [-0.15, -0.1) is 0 Å². The van der Waals surface area contributed by atoms with Gasteiger partial charge in [0.15, 0.2) is 0 Å². The van der Waals surface area contributed by atoms with Crippen molar-refractivity contribution in [3.8, 4) is 0 Å². The highest BCUT2D eigenvalue weighted by Gasteiger charge is 2.31. The predicted octanol–water partition coefficient (Wildman–Crippen LogP) is 3.23. The average molecular weight is 305 g/mol. The summed E-state index contributed by atoms with van der Waals surface area (Å²) in [7, 11) is 0. The molecule has 1 aliphatic heterocycles. The molecule has 1 aliphatic rings. The zero-order valence-electron chi connectivity index (χ0n) is 14.3. The Kier molecular flexibility index (Phi) is 4.94. The van der Waals surface area contributed by atoms with Gasteiger partial charge in [0.25, 0.3) is 0 Å². The fourth-order valence-electron chi connectivity index (χ4n) is 2.67. The van der Waals surface area contributed by atoms with Gasteiger partial charge >= 0.3 is 6.09 Å². The number of hydrogen-bond donors (Lipinski definition) is 0. The predicted molar refractivity (Wildman–Crippen MR) is 88.2 cm³/mol. The summed E-state index contributed by atoms with van der Waals surface area (Å²) >= 11 is 0. The average Bonchev–Trinajstić information content (AvgIpc) is 2.45. The van der Waals surface area contributed by atoms with E-state index in [4.69, 9.17) is 4.74 Å². The quantitative estimate of drug-likeness (QED) is 0.841. The molecule has 5 heteroatoms. The highest BCUT2D eigenvalue weighted by Crippen LogP contribution is 2.23. The van der Waals surface area contributed by atoms with Crippen LogP contribution in [-0.2, 0) is 4.74 Å². The van der Waals surface area contributed by atoms with Gasteiger partial charge in [0, 0.05) is 31.4 Å². The number of aryl methyl sites for hydroxylation is 1. The first kappa shape index (κ1) is 16.6. The van der Waals surface area contributed by atoms with Gasteiger partial charge in [0.1, 0.15) is 5.60 Å². The molecule has 1 fully saturated rings. The summed E-state index contributed by atoms with van der Waals surface area (Å²) in [6, 6.07) is 4.43. The van der Waals surface area contributed by atoms with Crippen LogP contribution in [0.4, 0.5) is 10.5 Å². The minimum absolute atomic E-state index is 0.215. The van der Waals surface area contributed by atoms with E-state index in [0.717, 1.165) is 24.3 Å². The van der Waals surface area contributed by atoms with Crippen molar-refractivity contribution in [2.45, 2.75) is 52.7 Å². The number of anilines is 1. The summed E-state index contributed by atoms with van der Waals surface area (Å²) in [4.78, 5) is 20.8. The lowest BCUT2D eigenvalue weighted by atomic mass is 10.1. The summed E-state index contributed by atoms with van der Waals surface area (Å²) in [5.41, 5.74) is 1.70. The summed E-state index contributed by atoms with van der Waals surface area (Å²) in [6.45, 7) is 12.0. The van der Waals surface area contributed by atoms with E-state index in [1.165, 1.54) is 0 Å². The van der Waals surface area contributed by atoms with Crippen LogP contribution in [-0.4, -0.2) is 47.3 Å². The van der Waals surface area contributed by atoms with Gasteiger partial charge in [-0.3, -0.25) is 4.98 Å². The first-order valence-corrected chi connectivity index (χ1v) is 7.97. The third kappa shape index (κ3) is 4.12. The van der Waals surface area contributed by atoms with Gasteiger partial charge in [-0.25, -0.2) is 4.79 Å². The summed E-state index contributed by atoms with van der Waals surface area (Å²) in [5.74, 6) is 0. The van der Waals surface area contributed by atoms with Crippen molar-refractivity contribution in [3.63, 3.8) is 0 Å². The van der Waals surface area contributed by atoms with E-state index in [-0.39, 0.29) is 6.09 Å². The van der Waals surface area contributed by atoms with Crippen molar-refractivity contribution in [1.29, 1.82) is 0 Å². The topological polar surface area (TPSA) is 45.7 Å². The SMILES string of the molecule is CC[C@H]1CN(C(=O)OC(C)(C)C)CCN1c1ccc(C)nc1. The molecule has 0 bridgehead atoms. The number of nitrogens with zero attached hydrogens (tertiary/aromatic N) is 3. The molecule has 1 aromatic heterocycles. The van der Waals surface area contributed by atoms with E-state index in [1.807, 2.05) is 44.9 Å². The van der Waals surface area contributed by atoms with Crippen LogP contribution >= 0.6 is 0 Å². The molecule has 22 heavy (non-hydrogen) atoms. The molecule has 0 saturated carbocycles. The Morgan fingerprint density at radius 2 is 2.09 bits per heavy atom. The van der Waals surface area contributed by atoms with Crippen LogP contribution < -0.4 is 4.90 Å². The van der Waals surface area contributed by atoms with Crippen LogP contribution in [0.3, 0.4) is 0 Å². The number of piperazine rings is 1.